The van der Waals surface area contributed by atoms with Crippen molar-refractivity contribution in [1.29, 1.82) is 0 Å². The van der Waals surface area contributed by atoms with Crippen molar-refractivity contribution in [2.24, 2.45) is 0 Å². The first-order chi connectivity index (χ1) is 14.5. The zero-order chi connectivity index (χ0) is 22.9. The Hall–Kier alpha value is -3.33. The lowest BCUT2D eigenvalue weighted by Gasteiger charge is -2.15. The standard InChI is InChI=1S/C22H20F2N2O4S/c1-13-4-7-17(8-5-13)31(29,30)21-14(2)10-15(3)26(22(21)28)12-20(27)25-19-11-16(23)6-9-18(19)24/h4-11H,12H2,1-3H3,(H,25,27). The number of aryl methyl sites for hydroxylation is 3. The maximum absolute atomic E-state index is 13.8. The van der Waals surface area contributed by atoms with E-state index in [1.807, 2.05) is 0 Å². The Kier molecular flexibility index (Phi) is 6.08. The van der Waals surface area contributed by atoms with Crippen LogP contribution in [0.3, 0.4) is 0 Å². The average molecular weight is 446 g/mol. The molecular formula is C22H20F2N2O4S. The van der Waals surface area contributed by atoms with Crippen molar-refractivity contribution in [3.05, 3.63) is 87.3 Å². The summed E-state index contributed by atoms with van der Waals surface area (Å²) in [7, 11) is -4.14. The van der Waals surface area contributed by atoms with E-state index in [1.54, 1.807) is 26.0 Å². The third-order valence-corrected chi connectivity index (χ3v) is 6.68. The van der Waals surface area contributed by atoms with E-state index in [1.165, 1.54) is 25.1 Å². The second kappa shape index (κ2) is 8.43. The van der Waals surface area contributed by atoms with Gasteiger partial charge in [-0.2, -0.15) is 0 Å². The Morgan fingerprint density at radius 3 is 2.29 bits per heavy atom. The van der Waals surface area contributed by atoms with Gasteiger partial charge < -0.3 is 9.88 Å². The molecule has 3 rings (SSSR count). The van der Waals surface area contributed by atoms with E-state index in [0.717, 1.165) is 28.3 Å². The fourth-order valence-corrected chi connectivity index (χ4v) is 4.75. The van der Waals surface area contributed by atoms with Crippen LogP contribution in [-0.2, 0) is 21.2 Å². The normalized spacial score (nSPS) is 11.4. The molecule has 0 saturated heterocycles. The molecule has 0 aliphatic carbocycles. The van der Waals surface area contributed by atoms with Crippen LogP contribution in [0.25, 0.3) is 0 Å². The molecule has 3 aromatic rings. The number of sulfone groups is 1. The first-order valence-electron chi connectivity index (χ1n) is 9.28. The molecule has 0 spiro atoms. The van der Waals surface area contributed by atoms with Gasteiger partial charge >= 0.3 is 0 Å². The van der Waals surface area contributed by atoms with Gasteiger partial charge in [-0.25, -0.2) is 17.2 Å². The Labute approximate surface area is 178 Å². The number of aromatic nitrogens is 1. The number of rotatable bonds is 5. The highest BCUT2D eigenvalue weighted by Gasteiger charge is 2.26. The van der Waals surface area contributed by atoms with E-state index in [4.69, 9.17) is 0 Å². The van der Waals surface area contributed by atoms with Gasteiger partial charge in [0.15, 0.2) is 0 Å². The van der Waals surface area contributed by atoms with Crippen LogP contribution in [0.5, 0.6) is 0 Å². The van der Waals surface area contributed by atoms with Crippen LogP contribution in [-0.4, -0.2) is 18.9 Å². The fraction of sp³-hybridized carbons (Fsp3) is 0.182. The zero-order valence-corrected chi connectivity index (χ0v) is 17.9. The van der Waals surface area contributed by atoms with Crippen molar-refractivity contribution in [2.75, 3.05) is 5.32 Å². The van der Waals surface area contributed by atoms with Crippen molar-refractivity contribution in [3.63, 3.8) is 0 Å². The third kappa shape index (κ3) is 4.56. The number of anilines is 1. The topological polar surface area (TPSA) is 85.2 Å². The summed E-state index contributed by atoms with van der Waals surface area (Å²) in [5.74, 6) is -2.39. The van der Waals surface area contributed by atoms with Crippen LogP contribution < -0.4 is 10.9 Å². The number of hydrogen-bond donors (Lipinski definition) is 1. The number of hydrogen-bond acceptors (Lipinski definition) is 4. The second-order valence-electron chi connectivity index (χ2n) is 7.18. The minimum atomic E-state index is -4.14. The molecule has 1 N–H and O–H groups in total. The number of pyridine rings is 1. The molecule has 0 saturated carbocycles. The van der Waals surface area contributed by atoms with E-state index in [-0.39, 0.29) is 16.1 Å². The molecule has 0 fully saturated rings. The smallest absolute Gasteiger partial charge is 0.270 e. The molecule has 162 valence electrons. The Balaban J connectivity index is 2.01. The molecule has 9 heteroatoms. The first-order valence-corrected chi connectivity index (χ1v) is 10.8. The van der Waals surface area contributed by atoms with Gasteiger partial charge in [-0.05, 0) is 56.7 Å². The maximum Gasteiger partial charge on any atom is 0.270 e. The largest absolute Gasteiger partial charge is 0.322 e. The number of amides is 1. The number of carbonyl (C=O) groups excluding carboxylic acids is 1. The van der Waals surface area contributed by atoms with Crippen LogP contribution in [0, 0.1) is 32.4 Å². The number of nitrogens with one attached hydrogen (secondary N) is 1. The predicted molar refractivity (Wildman–Crippen MR) is 112 cm³/mol. The highest BCUT2D eigenvalue weighted by Crippen LogP contribution is 2.22. The average Bonchev–Trinajstić information content (AvgIpc) is 2.68. The molecule has 2 aromatic carbocycles. The number of halogens is 2. The zero-order valence-electron chi connectivity index (χ0n) is 17.1. The fourth-order valence-electron chi connectivity index (χ4n) is 3.19. The second-order valence-corrected chi connectivity index (χ2v) is 9.06. The van der Waals surface area contributed by atoms with Crippen LogP contribution >= 0.6 is 0 Å². The van der Waals surface area contributed by atoms with Gasteiger partial charge in [-0.3, -0.25) is 9.59 Å². The van der Waals surface area contributed by atoms with E-state index < -0.39 is 44.4 Å². The van der Waals surface area contributed by atoms with Gasteiger partial charge in [0.25, 0.3) is 5.56 Å². The molecule has 1 aromatic heterocycles. The molecule has 0 radical (unpaired) electrons. The van der Waals surface area contributed by atoms with E-state index >= 15 is 0 Å². The summed E-state index contributed by atoms with van der Waals surface area (Å²) in [4.78, 5) is 25.0. The lowest BCUT2D eigenvalue weighted by atomic mass is 10.2. The lowest BCUT2D eigenvalue weighted by Crippen LogP contribution is -2.33. The molecule has 0 unspecified atom stereocenters. The first kappa shape index (κ1) is 22.4. The monoisotopic (exact) mass is 446 g/mol. The van der Waals surface area contributed by atoms with Gasteiger partial charge in [0.05, 0.1) is 10.6 Å². The van der Waals surface area contributed by atoms with Crippen molar-refractivity contribution in [3.8, 4) is 0 Å². The van der Waals surface area contributed by atoms with Crippen molar-refractivity contribution in [2.45, 2.75) is 37.1 Å². The van der Waals surface area contributed by atoms with Crippen molar-refractivity contribution in [1.82, 2.24) is 4.57 Å². The molecule has 1 amide bonds. The highest BCUT2D eigenvalue weighted by molar-refractivity contribution is 7.91. The minimum Gasteiger partial charge on any atom is -0.322 e. The molecule has 0 bridgehead atoms. The van der Waals surface area contributed by atoms with Gasteiger partial charge in [0.1, 0.15) is 23.1 Å². The SMILES string of the molecule is Cc1ccc(S(=O)(=O)c2c(C)cc(C)n(CC(=O)Nc3cc(F)ccc3F)c2=O)cc1. The Bertz CT molecular complexity index is 1330. The third-order valence-electron chi connectivity index (χ3n) is 4.75. The summed E-state index contributed by atoms with van der Waals surface area (Å²) in [6.07, 6.45) is 0. The van der Waals surface area contributed by atoms with Gasteiger partial charge in [-0.1, -0.05) is 17.7 Å². The van der Waals surface area contributed by atoms with Gasteiger partial charge in [0.2, 0.25) is 15.7 Å². The predicted octanol–water partition coefficient (Wildman–Crippen LogP) is 3.52. The Morgan fingerprint density at radius 1 is 1.00 bits per heavy atom. The molecular weight excluding hydrogens is 426 g/mol. The summed E-state index contributed by atoms with van der Waals surface area (Å²) in [5, 5.41) is 2.20. The van der Waals surface area contributed by atoms with Crippen LogP contribution in [0.1, 0.15) is 16.8 Å². The minimum absolute atomic E-state index is 0.0417. The summed E-state index contributed by atoms with van der Waals surface area (Å²) in [6.45, 7) is 4.28. The molecule has 6 nitrogen and oxygen atoms in total. The molecule has 31 heavy (non-hydrogen) atoms. The van der Waals surface area contributed by atoms with Crippen molar-refractivity contribution >= 4 is 21.4 Å². The molecule has 1 heterocycles. The van der Waals surface area contributed by atoms with E-state index in [2.05, 4.69) is 5.32 Å². The number of nitrogens with zero attached hydrogens (tertiary/aromatic N) is 1. The Morgan fingerprint density at radius 2 is 1.65 bits per heavy atom. The van der Waals surface area contributed by atoms with Gasteiger partial charge in [0, 0.05) is 11.8 Å². The van der Waals surface area contributed by atoms with Crippen LogP contribution in [0.15, 0.2) is 63.1 Å². The summed E-state index contributed by atoms with van der Waals surface area (Å²) in [5.41, 5.74) is 0.206. The van der Waals surface area contributed by atoms with Crippen LogP contribution in [0.2, 0.25) is 0 Å². The van der Waals surface area contributed by atoms with Gasteiger partial charge in [-0.15, -0.1) is 0 Å². The van der Waals surface area contributed by atoms with E-state index in [9.17, 15) is 26.8 Å². The van der Waals surface area contributed by atoms with Crippen molar-refractivity contribution < 1.29 is 22.0 Å². The number of benzene rings is 2. The molecule has 0 atom stereocenters. The lowest BCUT2D eigenvalue weighted by molar-refractivity contribution is -0.116. The number of carbonyl (C=O) groups is 1. The summed E-state index contributed by atoms with van der Waals surface area (Å²) >= 11 is 0. The quantitative estimate of drug-likeness (QED) is 0.650. The molecule has 0 aliphatic rings. The summed E-state index contributed by atoms with van der Waals surface area (Å²) in [6, 6.07) is 10.1. The van der Waals surface area contributed by atoms with Crippen LogP contribution in [0.4, 0.5) is 14.5 Å². The highest BCUT2D eigenvalue weighted by atomic mass is 32.2. The molecule has 0 aliphatic heterocycles. The maximum atomic E-state index is 13.8. The summed E-state index contributed by atoms with van der Waals surface area (Å²) < 4.78 is 54.3. The van der Waals surface area contributed by atoms with E-state index in [0.29, 0.717) is 5.69 Å².